The Morgan fingerprint density at radius 2 is 1.82 bits per heavy atom. The minimum absolute atomic E-state index is 0.0675. The van der Waals surface area contributed by atoms with Crippen LogP contribution in [0.2, 0.25) is 0 Å². The predicted molar refractivity (Wildman–Crippen MR) is 110 cm³/mol. The molecule has 0 fully saturated rings. The molecular weight excluding hydrogens is 424 g/mol. The minimum Gasteiger partial charge on any atom is -0.444 e. The zero-order valence-corrected chi connectivity index (χ0v) is 17.4. The van der Waals surface area contributed by atoms with Crippen molar-refractivity contribution in [1.82, 2.24) is 10.2 Å². The van der Waals surface area contributed by atoms with Gasteiger partial charge in [0, 0.05) is 22.9 Å². The molecule has 0 atom stereocenters. The number of amides is 2. The molecule has 0 bridgehead atoms. The first-order valence-corrected chi connectivity index (χ1v) is 9.51. The van der Waals surface area contributed by atoms with Gasteiger partial charge in [0.15, 0.2) is 16.2 Å². The van der Waals surface area contributed by atoms with E-state index in [4.69, 9.17) is 4.42 Å². The molecule has 0 saturated heterocycles. The highest BCUT2D eigenvalue weighted by molar-refractivity contribution is 9.10. The third-order valence-corrected chi connectivity index (χ3v) is 4.45. The van der Waals surface area contributed by atoms with Crippen LogP contribution in [0.4, 0.5) is 11.5 Å². The predicted octanol–water partition coefficient (Wildman–Crippen LogP) is 4.50. The van der Waals surface area contributed by atoms with E-state index in [2.05, 4.69) is 57.5 Å². The number of nitrogens with one attached hydrogen (secondary N) is 3. The summed E-state index contributed by atoms with van der Waals surface area (Å²) in [5, 5.41) is 12.6. The molecule has 0 radical (unpaired) electrons. The molecule has 3 rings (SSSR count). The van der Waals surface area contributed by atoms with E-state index in [1.807, 2.05) is 6.07 Å². The Labute approximate surface area is 171 Å². The van der Waals surface area contributed by atoms with Crippen LogP contribution in [-0.2, 0) is 16.6 Å². The second-order valence-corrected chi connectivity index (χ2v) is 8.18. The van der Waals surface area contributed by atoms with Crippen LogP contribution in [0.3, 0.4) is 0 Å². The van der Waals surface area contributed by atoms with Gasteiger partial charge in [-0.1, -0.05) is 32.9 Å². The van der Waals surface area contributed by atoms with E-state index in [1.165, 1.54) is 0 Å². The Hall–Kier alpha value is -2.87. The summed E-state index contributed by atoms with van der Waals surface area (Å²) in [4.78, 5) is 24.3. The summed E-state index contributed by atoms with van der Waals surface area (Å²) in [6.45, 7) is 6.20. The van der Waals surface area contributed by atoms with Crippen LogP contribution in [0.15, 0.2) is 51.6 Å². The van der Waals surface area contributed by atoms with Gasteiger partial charge in [-0.3, -0.25) is 14.7 Å². The Morgan fingerprint density at radius 3 is 2.39 bits per heavy atom. The van der Waals surface area contributed by atoms with Gasteiger partial charge in [-0.15, -0.1) is 0 Å². The van der Waals surface area contributed by atoms with Gasteiger partial charge >= 0.3 is 0 Å². The lowest BCUT2D eigenvalue weighted by Gasteiger charge is -2.14. The van der Waals surface area contributed by atoms with Crippen LogP contribution >= 0.6 is 15.9 Å². The number of carbonyl (C=O) groups is 2. The average Bonchev–Trinajstić information content (AvgIpc) is 3.25. The molecule has 7 nitrogen and oxygen atoms in total. The smallest absolute Gasteiger partial charge is 0.291 e. The molecule has 0 spiro atoms. The van der Waals surface area contributed by atoms with E-state index in [-0.39, 0.29) is 29.4 Å². The SMILES string of the molecule is CC(C)(C)c1cc(NC(=O)Cc2ccc(NC(=O)c3ccc(Br)o3)cc2)n[nH]1. The maximum Gasteiger partial charge on any atom is 0.291 e. The van der Waals surface area contributed by atoms with E-state index >= 15 is 0 Å². The van der Waals surface area contributed by atoms with Gasteiger partial charge in [0.25, 0.3) is 5.91 Å². The van der Waals surface area contributed by atoms with Crippen LogP contribution < -0.4 is 10.6 Å². The molecule has 2 aromatic heterocycles. The maximum absolute atomic E-state index is 12.2. The lowest BCUT2D eigenvalue weighted by Crippen LogP contribution is -2.15. The fraction of sp³-hybridized carbons (Fsp3) is 0.250. The van der Waals surface area contributed by atoms with E-state index < -0.39 is 0 Å². The number of aromatic nitrogens is 2. The van der Waals surface area contributed by atoms with Crippen molar-refractivity contribution < 1.29 is 14.0 Å². The van der Waals surface area contributed by atoms with Gasteiger partial charge in [0.05, 0.1) is 6.42 Å². The quantitative estimate of drug-likeness (QED) is 0.539. The van der Waals surface area contributed by atoms with Crippen LogP contribution in [0, 0.1) is 0 Å². The highest BCUT2D eigenvalue weighted by Crippen LogP contribution is 2.22. The Balaban J connectivity index is 1.55. The number of hydrogen-bond donors (Lipinski definition) is 3. The fourth-order valence-electron chi connectivity index (χ4n) is 2.48. The average molecular weight is 445 g/mol. The largest absolute Gasteiger partial charge is 0.444 e. The number of halogens is 1. The van der Waals surface area contributed by atoms with Crippen LogP contribution in [0.25, 0.3) is 0 Å². The fourth-order valence-corrected chi connectivity index (χ4v) is 2.78. The zero-order chi connectivity index (χ0) is 20.3. The molecule has 0 aliphatic rings. The van der Waals surface area contributed by atoms with Crippen molar-refractivity contribution in [2.45, 2.75) is 32.6 Å². The summed E-state index contributed by atoms with van der Waals surface area (Å²) in [7, 11) is 0. The van der Waals surface area contributed by atoms with Crippen molar-refractivity contribution in [3.63, 3.8) is 0 Å². The lowest BCUT2D eigenvalue weighted by atomic mass is 9.92. The lowest BCUT2D eigenvalue weighted by molar-refractivity contribution is -0.115. The number of rotatable bonds is 5. The van der Waals surface area contributed by atoms with Crippen molar-refractivity contribution in [1.29, 1.82) is 0 Å². The number of anilines is 2. The molecular formula is C20H21BrN4O3. The van der Waals surface area contributed by atoms with Gasteiger partial charge in [-0.05, 0) is 45.8 Å². The van der Waals surface area contributed by atoms with E-state index in [0.29, 0.717) is 16.2 Å². The van der Waals surface area contributed by atoms with E-state index in [0.717, 1.165) is 11.3 Å². The Morgan fingerprint density at radius 1 is 1.11 bits per heavy atom. The highest BCUT2D eigenvalue weighted by Gasteiger charge is 2.17. The van der Waals surface area contributed by atoms with Crippen molar-refractivity contribution in [2.24, 2.45) is 0 Å². The number of aromatic amines is 1. The first kappa shape index (κ1) is 19.9. The molecule has 2 heterocycles. The highest BCUT2D eigenvalue weighted by atomic mass is 79.9. The summed E-state index contributed by atoms with van der Waals surface area (Å²) in [6.07, 6.45) is 0.205. The molecule has 0 aliphatic carbocycles. The topological polar surface area (TPSA) is 100 Å². The number of carbonyl (C=O) groups excluding carboxylic acids is 2. The second kappa shape index (κ2) is 8.02. The van der Waals surface area contributed by atoms with Crippen molar-refractivity contribution in [3.8, 4) is 0 Å². The van der Waals surface area contributed by atoms with Crippen LogP contribution in [-0.4, -0.2) is 22.0 Å². The molecule has 2 amide bonds. The van der Waals surface area contributed by atoms with Crippen molar-refractivity contribution in [2.75, 3.05) is 10.6 Å². The van der Waals surface area contributed by atoms with E-state index in [9.17, 15) is 9.59 Å². The third kappa shape index (κ3) is 5.10. The summed E-state index contributed by atoms with van der Waals surface area (Å²) in [5.74, 6) is 0.209. The first-order chi connectivity index (χ1) is 13.2. The Kier molecular flexibility index (Phi) is 5.69. The normalized spacial score (nSPS) is 11.3. The monoisotopic (exact) mass is 444 g/mol. The van der Waals surface area contributed by atoms with Gasteiger partial charge in [-0.2, -0.15) is 5.10 Å². The molecule has 0 aliphatic heterocycles. The standard InChI is InChI=1S/C20H21BrN4O3/c1-20(2,3)15-11-17(25-24-15)23-18(26)10-12-4-6-13(7-5-12)22-19(27)14-8-9-16(21)28-14/h4-9,11H,10H2,1-3H3,(H,22,27)(H2,23,24,25,26). The van der Waals surface area contributed by atoms with Crippen molar-refractivity contribution in [3.05, 3.63) is 64.2 Å². The molecule has 8 heteroatoms. The Bertz CT molecular complexity index is 984. The summed E-state index contributed by atoms with van der Waals surface area (Å²) in [6, 6.07) is 12.1. The van der Waals surface area contributed by atoms with Crippen LogP contribution in [0.5, 0.6) is 0 Å². The van der Waals surface area contributed by atoms with Crippen LogP contribution in [0.1, 0.15) is 42.6 Å². The molecule has 3 aromatic rings. The number of H-pyrrole nitrogens is 1. The molecule has 0 saturated carbocycles. The van der Waals surface area contributed by atoms with Crippen molar-refractivity contribution >= 4 is 39.2 Å². The first-order valence-electron chi connectivity index (χ1n) is 8.72. The molecule has 1 aromatic carbocycles. The second-order valence-electron chi connectivity index (χ2n) is 7.40. The summed E-state index contributed by atoms with van der Waals surface area (Å²) in [5.41, 5.74) is 2.32. The summed E-state index contributed by atoms with van der Waals surface area (Å²) < 4.78 is 5.71. The number of benzene rings is 1. The molecule has 28 heavy (non-hydrogen) atoms. The number of furan rings is 1. The molecule has 146 valence electrons. The minimum atomic E-state index is -0.343. The van der Waals surface area contributed by atoms with E-state index in [1.54, 1.807) is 36.4 Å². The molecule has 0 unspecified atom stereocenters. The number of hydrogen-bond acceptors (Lipinski definition) is 4. The maximum atomic E-state index is 12.2. The summed E-state index contributed by atoms with van der Waals surface area (Å²) >= 11 is 3.16. The van der Waals surface area contributed by atoms with Gasteiger partial charge in [-0.25, -0.2) is 0 Å². The third-order valence-electron chi connectivity index (χ3n) is 4.03. The number of nitrogens with zero attached hydrogens (tertiary/aromatic N) is 1. The molecule has 3 N–H and O–H groups in total. The zero-order valence-electron chi connectivity index (χ0n) is 15.8. The van der Waals surface area contributed by atoms with Gasteiger partial charge in [0.2, 0.25) is 5.91 Å². The van der Waals surface area contributed by atoms with Gasteiger partial charge < -0.3 is 15.1 Å². The van der Waals surface area contributed by atoms with Gasteiger partial charge in [0.1, 0.15) is 0 Å².